The summed E-state index contributed by atoms with van der Waals surface area (Å²) in [4.78, 5) is 0.841. The largest absolute Gasteiger partial charge is 0.305 e. The predicted molar refractivity (Wildman–Crippen MR) is 66.4 cm³/mol. The van der Waals surface area contributed by atoms with Crippen LogP contribution >= 0.6 is 11.5 Å². The summed E-state index contributed by atoms with van der Waals surface area (Å²) in [6, 6.07) is 3.26. The Morgan fingerprint density at radius 2 is 2.00 bits per heavy atom. The SMILES string of the molecule is CCCNC(c1cc(F)cc(F)c1)c1cnns1. The number of nitrogens with one attached hydrogen (secondary N) is 1. The third-order valence-electron chi connectivity index (χ3n) is 2.48. The number of nitrogens with zero attached hydrogens (tertiary/aromatic N) is 2. The smallest absolute Gasteiger partial charge is 0.126 e. The molecular weight excluding hydrogens is 256 g/mol. The molecule has 2 rings (SSSR count). The van der Waals surface area contributed by atoms with Crippen LogP contribution in [0, 0.1) is 11.6 Å². The fraction of sp³-hybridized carbons (Fsp3) is 0.333. The molecule has 0 bridgehead atoms. The summed E-state index contributed by atoms with van der Waals surface area (Å²) in [5.41, 5.74) is 0.548. The molecule has 1 heterocycles. The molecule has 0 amide bonds. The van der Waals surface area contributed by atoms with Gasteiger partial charge < -0.3 is 5.32 Å². The highest BCUT2D eigenvalue weighted by Gasteiger charge is 2.17. The van der Waals surface area contributed by atoms with E-state index < -0.39 is 11.6 Å². The zero-order chi connectivity index (χ0) is 13.0. The van der Waals surface area contributed by atoms with Crippen molar-refractivity contribution in [2.45, 2.75) is 19.4 Å². The fourth-order valence-electron chi connectivity index (χ4n) is 1.72. The number of rotatable bonds is 5. The number of hydrogen-bond donors (Lipinski definition) is 1. The summed E-state index contributed by atoms with van der Waals surface area (Å²) < 4.78 is 30.3. The van der Waals surface area contributed by atoms with Gasteiger partial charge in [-0.15, -0.1) is 5.10 Å². The minimum absolute atomic E-state index is 0.268. The maximum Gasteiger partial charge on any atom is 0.126 e. The van der Waals surface area contributed by atoms with Gasteiger partial charge in [-0.25, -0.2) is 8.78 Å². The second-order valence-corrected chi connectivity index (χ2v) is 4.73. The Hall–Kier alpha value is -1.40. The Bertz CT molecular complexity index is 482. The molecule has 96 valence electrons. The van der Waals surface area contributed by atoms with Crippen molar-refractivity contribution in [3.63, 3.8) is 0 Å². The second-order valence-electron chi connectivity index (χ2n) is 3.91. The summed E-state index contributed by atoms with van der Waals surface area (Å²) in [7, 11) is 0. The molecule has 1 N–H and O–H groups in total. The van der Waals surface area contributed by atoms with Crippen LogP contribution in [0.4, 0.5) is 8.78 Å². The highest BCUT2D eigenvalue weighted by atomic mass is 32.1. The normalized spacial score (nSPS) is 12.6. The van der Waals surface area contributed by atoms with Gasteiger partial charge in [-0.05, 0) is 42.2 Å². The molecule has 0 saturated carbocycles. The van der Waals surface area contributed by atoms with Crippen LogP contribution in [0.1, 0.15) is 29.8 Å². The zero-order valence-corrected chi connectivity index (χ0v) is 10.7. The second kappa shape index (κ2) is 5.97. The van der Waals surface area contributed by atoms with E-state index in [1.807, 2.05) is 6.92 Å². The van der Waals surface area contributed by atoms with Crippen molar-refractivity contribution in [3.8, 4) is 0 Å². The maximum atomic E-state index is 13.3. The fourth-order valence-corrected chi connectivity index (χ4v) is 2.32. The molecular formula is C12H13F2N3S. The van der Waals surface area contributed by atoms with Gasteiger partial charge >= 0.3 is 0 Å². The molecule has 1 atom stereocenters. The number of benzene rings is 1. The predicted octanol–water partition coefficient (Wildman–Crippen LogP) is 2.91. The average molecular weight is 269 g/mol. The highest BCUT2D eigenvalue weighted by Crippen LogP contribution is 2.25. The van der Waals surface area contributed by atoms with Crippen LogP contribution < -0.4 is 5.32 Å². The standard InChI is InChI=1S/C12H13F2N3S/c1-2-3-15-12(11-7-16-17-18-11)8-4-9(13)6-10(14)5-8/h4-7,12,15H,2-3H2,1H3. The molecule has 1 aromatic heterocycles. The first kappa shape index (κ1) is 13.0. The maximum absolute atomic E-state index is 13.3. The van der Waals surface area contributed by atoms with Crippen molar-refractivity contribution in [2.75, 3.05) is 6.54 Å². The third-order valence-corrected chi connectivity index (χ3v) is 3.21. The minimum Gasteiger partial charge on any atom is -0.305 e. The molecule has 0 spiro atoms. The molecule has 6 heteroatoms. The van der Waals surface area contributed by atoms with Gasteiger partial charge in [0.15, 0.2) is 0 Å². The number of aromatic nitrogens is 2. The van der Waals surface area contributed by atoms with E-state index in [2.05, 4.69) is 14.9 Å². The number of hydrogen-bond acceptors (Lipinski definition) is 4. The molecule has 0 fully saturated rings. The lowest BCUT2D eigenvalue weighted by Crippen LogP contribution is -2.22. The summed E-state index contributed by atoms with van der Waals surface area (Å²) in [5, 5.41) is 7.00. The quantitative estimate of drug-likeness (QED) is 0.907. The highest BCUT2D eigenvalue weighted by molar-refractivity contribution is 7.05. The summed E-state index contributed by atoms with van der Waals surface area (Å²) in [6.45, 7) is 2.78. The van der Waals surface area contributed by atoms with Gasteiger partial charge in [0, 0.05) is 6.07 Å². The first-order valence-corrected chi connectivity index (χ1v) is 6.44. The van der Waals surface area contributed by atoms with Crippen LogP contribution in [0.2, 0.25) is 0 Å². The molecule has 2 aromatic rings. The van der Waals surface area contributed by atoms with Crippen LogP contribution in [0.3, 0.4) is 0 Å². The van der Waals surface area contributed by atoms with Gasteiger partial charge in [-0.3, -0.25) is 0 Å². The van der Waals surface area contributed by atoms with Gasteiger partial charge in [-0.2, -0.15) is 0 Å². The molecule has 3 nitrogen and oxygen atoms in total. The van der Waals surface area contributed by atoms with E-state index in [9.17, 15) is 8.78 Å². The lowest BCUT2D eigenvalue weighted by molar-refractivity contribution is 0.561. The van der Waals surface area contributed by atoms with Crippen molar-refractivity contribution < 1.29 is 8.78 Å². The van der Waals surface area contributed by atoms with Crippen LogP contribution in [0.15, 0.2) is 24.4 Å². The van der Waals surface area contributed by atoms with Crippen molar-refractivity contribution in [1.82, 2.24) is 14.9 Å². The van der Waals surface area contributed by atoms with E-state index >= 15 is 0 Å². The lowest BCUT2D eigenvalue weighted by atomic mass is 10.1. The van der Waals surface area contributed by atoms with Crippen LogP contribution in [0.5, 0.6) is 0 Å². The topological polar surface area (TPSA) is 37.8 Å². The van der Waals surface area contributed by atoms with Crippen LogP contribution in [-0.2, 0) is 0 Å². The molecule has 0 radical (unpaired) electrons. The van der Waals surface area contributed by atoms with Crippen molar-refractivity contribution in [3.05, 3.63) is 46.5 Å². The average Bonchev–Trinajstić information content (AvgIpc) is 2.82. The summed E-state index contributed by atoms with van der Waals surface area (Å²) in [6.07, 6.45) is 2.54. The summed E-state index contributed by atoms with van der Waals surface area (Å²) >= 11 is 1.22. The Kier molecular flexibility index (Phi) is 4.33. The van der Waals surface area contributed by atoms with Crippen molar-refractivity contribution in [2.24, 2.45) is 0 Å². The van der Waals surface area contributed by atoms with Gasteiger partial charge in [-0.1, -0.05) is 11.4 Å². The molecule has 0 aliphatic carbocycles. The molecule has 1 aromatic carbocycles. The molecule has 0 aliphatic heterocycles. The Balaban J connectivity index is 2.33. The first-order valence-electron chi connectivity index (χ1n) is 5.67. The molecule has 18 heavy (non-hydrogen) atoms. The van der Waals surface area contributed by atoms with E-state index in [0.29, 0.717) is 5.56 Å². The lowest BCUT2D eigenvalue weighted by Gasteiger charge is -2.16. The molecule has 0 aliphatic rings. The van der Waals surface area contributed by atoms with Crippen LogP contribution in [0.25, 0.3) is 0 Å². The van der Waals surface area contributed by atoms with Crippen molar-refractivity contribution >= 4 is 11.5 Å². The van der Waals surface area contributed by atoms with E-state index in [1.165, 1.54) is 23.7 Å². The van der Waals surface area contributed by atoms with Crippen molar-refractivity contribution in [1.29, 1.82) is 0 Å². The Morgan fingerprint density at radius 1 is 1.28 bits per heavy atom. The van der Waals surface area contributed by atoms with E-state index in [1.54, 1.807) is 6.20 Å². The molecule has 0 saturated heterocycles. The monoisotopic (exact) mass is 269 g/mol. The van der Waals surface area contributed by atoms with E-state index in [-0.39, 0.29) is 6.04 Å². The van der Waals surface area contributed by atoms with E-state index in [4.69, 9.17) is 0 Å². The summed E-state index contributed by atoms with van der Waals surface area (Å²) in [5.74, 6) is -1.16. The third kappa shape index (κ3) is 3.08. The van der Waals surface area contributed by atoms with Gasteiger partial charge in [0.2, 0.25) is 0 Å². The Morgan fingerprint density at radius 3 is 2.56 bits per heavy atom. The van der Waals surface area contributed by atoms with Gasteiger partial charge in [0.1, 0.15) is 11.6 Å². The van der Waals surface area contributed by atoms with Gasteiger partial charge in [0.25, 0.3) is 0 Å². The number of halogens is 2. The first-order chi connectivity index (χ1) is 8.70. The van der Waals surface area contributed by atoms with E-state index in [0.717, 1.165) is 23.9 Å². The van der Waals surface area contributed by atoms with Crippen LogP contribution in [-0.4, -0.2) is 16.1 Å². The van der Waals surface area contributed by atoms with Gasteiger partial charge in [0.05, 0.1) is 17.1 Å². The Labute approximate surface area is 108 Å². The minimum atomic E-state index is -0.578. The molecule has 1 unspecified atom stereocenters. The zero-order valence-electron chi connectivity index (χ0n) is 9.86.